The maximum absolute atomic E-state index is 11.5. The molecular weight excluding hydrogens is 262 g/mol. The molecule has 1 aromatic rings. The van der Waals surface area contributed by atoms with Gasteiger partial charge in [0.25, 0.3) is 0 Å². The van der Waals surface area contributed by atoms with Crippen molar-refractivity contribution >= 4 is 9.84 Å². The van der Waals surface area contributed by atoms with E-state index in [2.05, 4.69) is 17.3 Å². The Morgan fingerprint density at radius 3 is 2.68 bits per heavy atom. The van der Waals surface area contributed by atoms with Gasteiger partial charge in [-0.05, 0) is 25.8 Å². The third-order valence-electron chi connectivity index (χ3n) is 3.16. The molecule has 1 heterocycles. The van der Waals surface area contributed by atoms with Gasteiger partial charge >= 0.3 is 0 Å². The molecule has 19 heavy (non-hydrogen) atoms. The molecule has 0 saturated heterocycles. The number of aryl methyl sites for hydroxylation is 1. The summed E-state index contributed by atoms with van der Waals surface area (Å²) in [6.45, 7) is 4.75. The van der Waals surface area contributed by atoms with E-state index in [9.17, 15) is 8.42 Å². The maximum Gasteiger partial charge on any atom is 0.150 e. The fourth-order valence-electron chi connectivity index (χ4n) is 1.98. The molecule has 0 spiro atoms. The van der Waals surface area contributed by atoms with Gasteiger partial charge in [0.15, 0.2) is 0 Å². The molecule has 0 radical (unpaired) electrons. The molecule has 0 saturated carbocycles. The molecule has 110 valence electrons. The molecule has 0 bridgehead atoms. The van der Waals surface area contributed by atoms with Crippen LogP contribution in [0.25, 0.3) is 0 Å². The number of rotatable bonds is 9. The number of nitrogens with one attached hydrogen (secondary N) is 1. The number of hydrogen-bond acceptors (Lipinski definition) is 4. The van der Waals surface area contributed by atoms with Crippen LogP contribution in [0.1, 0.15) is 44.7 Å². The molecule has 1 atom stereocenters. The Morgan fingerprint density at radius 1 is 1.42 bits per heavy atom. The van der Waals surface area contributed by atoms with E-state index in [0.29, 0.717) is 6.42 Å². The summed E-state index contributed by atoms with van der Waals surface area (Å²) in [5.41, 5.74) is 1.13. The fourth-order valence-corrected chi connectivity index (χ4v) is 2.87. The largest absolute Gasteiger partial charge is 0.310 e. The number of hydrogen-bond donors (Lipinski definition) is 1. The maximum atomic E-state index is 11.5. The van der Waals surface area contributed by atoms with E-state index in [1.807, 2.05) is 19.4 Å². The van der Waals surface area contributed by atoms with Crippen LogP contribution in [0.5, 0.6) is 0 Å². The lowest BCUT2D eigenvalue weighted by atomic mass is 10.1. The van der Waals surface area contributed by atoms with Crippen molar-refractivity contribution in [2.75, 3.05) is 18.1 Å². The summed E-state index contributed by atoms with van der Waals surface area (Å²) in [5, 5.41) is 7.63. The molecule has 6 heteroatoms. The first-order chi connectivity index (χ1) is 8.98. The third kappa shape index (κ3) is 5.74. The lowest BCUT2D eigenvalue weighted by molar-refractivity contribution is 0.492. The van der Waals surface area contributed by atoms with Gasteiger partial charge < -0.3 is 5.32 Å². The minimum Gasteiger partial charge on any atom is -0.310 e. The van der Waals surface area contributed by atoms with E-state index in [-0.39, 0.29) is 17.5 Å². The Labute approximate surface area is 116 Å². The van der Waals surface area contributed by atoms with Crippen molar-refractivity contribution in [3.8, 4) is 0 Å². The lowest BCUT2D eigenvalue weighted by Crippen LogP contribution is -2.22. The van der Waals surface area contributed by atoms with Crippen LogP contribution in [0.4, 0.5) is 0 Å². The van der Waals surface area contributed by atoms with Crippen molar-refractivity contribution in [3.05, 3.63) is 18.0 Å². The zero-order valence-electron chi connectivity index (χ0n) is 12.1. The fraction of sp³-hybridized carbons (Fsp3) is 0.769. The molecule has 1 unspecified atom stereocenters. The van der Waals surface area contributed by atoms with E-state index < -0.39 is 9.84 Å². The highest BCUT2D eigenvalue weighted by atomic mass is 32.2. The van der Waals surface area contributed by atoms with Crippen LogP contribution in [0.3, 0.4) is 0 Å². The topological polar surface area (TPSA) is 64.0 Å². The number of sulfone groups is 1. The van der Waals surface area contributed by atoms with Gasteiger partial charge in [-0.15, -0.1) is 0 Å². The summed E-state index contributed by atoms with van der Waals surface area (Å²) >= 11 is 0. The molecule has 1 rings (SSSR count). The second-order valence-corrected chi connectivity index (χ2v) is 7.31. The zero-order chi connectivity index (χ0) is 14.3. The molecule has 0 aliphatic carbocycles. The van der Waals surface area contributed by atoms with Gasteiger partial charge in [-0.2, -0.15) is 5.10 Å². The molecule has 0 fully saturated rings. The zero-order valence-corrected chi connectivity index (χ0v) is 12.9. The monoisotopic (exact) mass is 287 g/mol. The first-order valence-corrected chi connectivity index (χ1v) is 8.73. The smallest absolute Gasteiger partial charge is 0.150 e. The average Bonchev–Trinajstić information content (AvgIpc) is 2.80. The Morgan fingerprint density at radius 2 is 2.16 bits per heavy atom. The van der Waals surface area contributed by atoms with Crippen LogP contribution in [0, 0.1) is 0 Å². The Kier molecular flexibility index (Phi) is 6.51. The van der Waals surface area contributed by atoms with Gasteiger partial charge in [0.2, 0.25) is 0 Å². The molecule has 0 amide bonds. The highest BCUT2D eigenvalue weighted by Crippen LogP contribution is 2.18. The highest BCUT2D eigenvalue weighted by molar-refractivity contribution is 7.91. The Hall–Kier alpha value is -0.880. The lowest BCUT2D eigenvalue weighted by Gasteiger charge is -2.16. The summed E-state index contributed by atoms with van der Waals surface area (Å²) in [4.78, 5) is 0. The van der Waals surface area contributed by atoms with Gasteiger partial charge in [-0.25, -0.2) is 8.42 Å². The minimum atomic E-state index is -2.86. The van der Waals surface area contributed by atoms with E-state index in [1.165, 1.54) is 0 Å². The predicted octanol–water partition coefficient (Wildman–Crippen LogP) is 1.68. The second kappa shape index (κ2) is 7.65. The van der Waals surface area contributed by atoms with Gasteiger partial charge in [0.1, 0.15) is 9.84 Å². The highest BCUT2D eigenvalue weighted by Gasteiger charge is 2.14. The summed E-state index contributed by atoms with van der Waals surface area (Å²) in [7, 11) is -0.970. The summed E-state index contributed by atoms with van der Waals surface area (Å²) < 4.78 is 24.8. The van der Waals surface area contributed by atoms with Gasteiger partial charge in [0, 0.05) is 30.6 Å². The van der Waals surface area contributed by atoms with Crippen LogP contribution >= 0.6 is 0 Å². The first-order valence-electron chi connectivity index (χ1n) is 6.91. The minimum absolute atomic E-state index is 0.195. The third-order valence-corrected chi connectivity index (χ3v) is 4.95. The normalized spacial score (nSPS) is 13.6. The van der Waals surface area contributed by atoms with E-state index in [1.54, 1.807) is 11.6 Å². The van der Waals surface area contributed by atoms with Crippen molar-refractivity contribution < 1.29 is 8.42 Å². The van der Waals surface area contributed by atoms with Crippen LogP contribution < -0.4 is 5.32 Å². The molecule has 1 N–H and O–H groups in total. The Bertz CT molecular complexity index is 468. The molecule has 0 aromatic carbocycles. The Balaban J connectivity index is 2.55. The van der Waals surface area contributed by atoms with Gasteiger partial charge in [-0.3, -0.25) is 4.68 Å². The van der Waals surface area contributed by atoms with E-state index >= 15 is 0 Å². The van der Waals surface area contributed by atoms with Crippen LogP contribution in [0.15, 0.2) is 12.4 Å². The molecule has 0 aliphatic heterocycles. The van der Waals surface area contributed by atoms with Crippen molar-refractivity contribution in [1.29, 1.82) is 0 Å². The number of nitrogens with zero attached hydrogens (tertiary/aromatic N) is 2. The van der Waals surface area contributed by atoms with E-state index in [4.69, 9.17) is 0 Å². The number of aromatic nitrogens is 2. The van der Waals surface area contributed by atoms with E-state index in [0.717, 1.165) is 24.9 Å². The SMILES string of the molecule is CCCNC(CCCS(=O)(=O)CC)c1cnn(C)c1. The average molecular weight is 287 g/mol. The predicted molar refractivity (Wildman–Crippen MR) is 77.8 cm³/mol. The van der Waals surface area contributed by atoms with Crippen LogP contribution in [0.2, 0.25) is 0 Å². The van der Waals surface area contributed by atoms with Crippen molar-refractivity contribution in [3.63, 3.8) is 0 Å². The van der Waals surface area contributed by atoms with Crippen LogP contribution in [-0.2, 0) is 16.9 Å². The van der Waals surface area contributed by atoms with Crippen molar-refractivity contribution in [1.82, 2.24) is 15.1 Å². The summed E-state index contributed by atoms with van der Waals surface area (Å²) in [6.07, 6.45) is 6.41. The molecular formula is C13H25N3O2S. The van der Waals surface area contributed by atoms with Crippen LogP contribution in [-0.4, -0.2) is 36.2 Å². The summed E-state index contributed by atoms with van der Waals surface area (Å²) in [5.74, 6) is 0.501. The molecule has 5 nitrogen and oxygen atoms in total. The standard InChI is InChI=1S/C13H25N3O2S/c1-4-8-14-13(12-10-15-16(3)11-12)7-6-9-19(17,18)5-2/h10-11,13-14H,4-9H2,1-3H3. The van der Waals surface area contributed by atoms with Gasteiger partial charge in [-0.1, -0.05) is 13.8 Å². The van der Waals surface area contributed by atoms with Crippen molar-refractivity contribution in [2.24, 2.45) is 7.05 Å². The molecule has 1 aromatic heterocycles. The quantitative estimate of drug-likeness (QED) is 0.750. The molecule has 0 aliphatic rings. The van der Waals surface area contributed by atoms with Crippen molar-refractivity contribution in [2.45, 2.75) is 39.2 Å². The summed E-state index contributed by atoms with van der Waals surface area (Å²) in [6, 6.07) is 0.195. The first kappa shape index (κ1) is 16.2. The second-order valence-electron chi connectivity index (χ2n) is 4.83. The van der Waals surface area contributed by atoms with Gasteiger partial charge in [0.05, 0.1) is 11.9 Å².